The summed E-state index contributed by atoms with van der Waals surface area (Å²) >= 11 is 11.0. The van der Waals surface area contributed by atoms with Gasteiger partial charge < -0.3 is 0 Å². The van der Waals surface area contributed by atoms with Crippen LogP contribution in [-0.4, -0.2) is 0 Å². The molecule has 0 N–H and O–H groups in total. The first-order valence-electron chi connectivity index (χ1n) is 3.15. The first-order chi connectivity index (χ1) is 4.20. The van der Waals surface area contributed by atoms with E-state index in [1.807, 2.05) is 0 Å². The quantitative estimate of drug-likeness (QED) is 0.600. The Morgan fingerprint density at radius 2 is 2.22 bits per heavy atom. The van der Waals surface area contributed by atoms with Crippen molar-refractivity contribution in [2.24, 2.45) is 5.92 Å². The molecule has 0 spiro atoms. The molecule has 0 bridgehead atoms. The maximum absolute atomic E-state index is 5.67. The maximum Gasteiger partial charge on any atom is 0.0296 e. The number of hydrogen-bond acceptors (Lipinski definition) is 0. The van der Waals surface area contributed by atoms with Crippen LogP contribution in [0.25, 0.3) is 0 Å². The van der Waals surface area contributed by atoms with Crippen molar-refractivity contribution >= 4 is 23.2 Å². The minimum absolute atomic E-state index is 0.646. The molecule has 0 aromatic carbocycles. The summed E-state index contributed by atoms with van der Waals surface area (Å²) in [5.41, 5.74) is 1.44. The molecule has 9 heavy (non-hydrogen) atoms. The summed E-state index contributed by atoms with van der Waals surface area (Å²) in [5, 5.41) is 0.756. The summed E-state index contributed by atoms with van der Waals surface area (Å²) in [6, 6.07) is 0. The predicted octanol–water partition coefficient (Wildman–Crippen LogP) is 3.74. The van der Waals surface area contributed by atoms with E-state index in [2.05, 4.69) is 13.8 Å². The monoisotopic (exact) mass is 166 g/mol. The van der Waals surface area contributed by atoms with E-state index < -0.39 is 0 Å². The lowest BCUT2D eigenvalue weighted by atomic mass is 10.1. The molecule has 0 aromatic rings. The van der Waals surface area contributed by atoms with Gasteiger partial charge in [0.25, 0.3) is 0 Å². The minimum Gasteiger partial charge on any atom is -0.0917 e. The molecule has 0 aliphatic rings. The summed E-state index contributed by atoms with van der Waals surface area (Å²) in [7, 11) is 0. The molecule has 0 aliphatic carbocycles. The standard InChI is InChI=1S/C7H12Cl2/c1-3-6(2)4-7(9)5-8/h5-6H,3-4H2,1-2H3/b7-5+. The van der Waals surface area contributed by atoms with Crippen LogP contribution in [0.1, 0.15) is 26.7 Å². The summed E-state index contributed by atoms with van der Waals surface area (Å²) in [6.45, 7) is 4.30. The minimum atomic E-state index is 0.646. The zero-order valence-corrected chi connectivity index (χ0v) is 7.34. The summed E-state index contributed by atoms with van der Waals surface area (Å²) in [4.78, 5) is 0. The van der Waals surface area contributed by atoms with Crippen LogP contribution in [0.2, 0.25) is 0 Å². The van der Waals surface area contributed by atoms with Gasteiger partial charge in [-0.05, 0) is 12.3 Å². The zero-order chi connectivity index (χ0) is 7.28. The molecular formula is C7H12Cl2. The molecule has 1 unspecified atom stereocenters. The van der Waals surface area contributed by atoms with E-state index >= 15 is 0 Å². The summed E-state index contributed by atoms with van der Waals surface area (Å²) in [6.07, 6.45) is 2.06. The van der Waals surface area contributed by atoms with Crippen LogP contribution in [0.15, 0.2) is 10.6 Å². The lowest BCUT2D eigenvalue weighted by molar-refractivity contribution is 0.568. The Kier molecular flexibility index (Phi) is 5.31. The second-order valence-corrected chi connectivity index (χ2v) is 2.98. The fourth-order valence-electron chi connectivity index (χ4n) is 0.522. The van der Waals surface area contributed by atoms with Crippen LogP contribution >= 0.6 is 23.2 Å². The van der Waals surface area contributed by atoms with E-state index in [-0.39, 0.29) is 0 Å². The van der Waals surface area contributed by atoms with Crippen molar-refractivity contribution < 1.29 is 0 Å². The number of halogens is 2. The van der Waals surface area contributed by atoms with Gasteiger partial charge in [0, 0.05) is 10.6 Å². The van der Waals surface area contributed by atoms with E-state index in [0.717, 1.165) is 17.9 Å². The van der Waals surface area contributed by atoms with Crippen molar-refractivity contribution in [1.82, 2.24) is 0 Å². The zero-order valence-electron chi connectivity index (χ0n) is 5.82. The van der Waals surface area contributed by atoms with E-state index in [0.29, 0.717) is 5.92 Å². The fraction of sp³-hybridized carbons (Fsp3) is 0.714. The van der Waals surface area contributed by atoms with Crippen LogP contribution in [0.5, 0.6) is 0 Å². The molecule has 0 saturated carbocycles. The number of rotatable bonds is 3. The molecule has 0 nitrogen and oxygen atoms in total. The van der Waals surface area contributed by atoms with Crippen molar-refractivity contribution in [1.29, 1.82) is 0 Å². The summed E-state index contributed by atoms with van der Waals surface area (Å²) in [5.74, 6) is 0.646. The molecule has 0 amide bonds. The predicted molar refractivity (Wildman–Crippen MR) is 43.9 cm³/mol. The smallest absolute Gasteiger partial charge is 0.0296 e. The third kappa shape index (κ3) is 4.80. The Morgan fingerprint density at radius 1 is 1.67 bits per heavy atom. The molecule has 0 saturated heterocycles. The Hall–Kier alpha value is 0.320. The third-order valence-corrected chi connectivity index (χ3v) is 2.00. The van der Waals surface area contributed by atoms with Crippen LogP contribution in [0.3, 0.4) is 0 Å². The van der Waals surface area contributed by atoms with Gasteiger partial charge in [0.1, 0.15) is 0 Å². The molecule has 0 fully saturated rings. The molecule has 2 heteroatoms. The van der Waals surface area contributed by atoms with E-state index in [1.54, 1.807) is 0 Å². The van der Waals surface area contributed by atoms with Crippen molar-refractivity contribution in [3.8, 4) is 0 Å². The van der Waals surface area contributed by atoms with Crippen LogP contribution < -0.4 is 0 Å². The molecule has 0 radical (unpaired) electrons. The lowest BCUT2D eigenvalue weighted by Crippen LogP contribution is -1.90. The lowest BCUT2D eigenvalue weighted by Gasteiger charge is -2.04. The topological polar surface area (TPSA) is 0 Å². The highest BCUT2D eigenvalue weighted by Gasteiger charge is 1.99. The van der Waals surface area contributed by atoms with Crippen molar-refractivity contribution in [3.63, 3.8) is 0 Å². The number of allylic oxidation sites excluding steroid dienone is 1. The molecule has 1 atom stereocenters. The Bertz CT molecular complexity index is 97.1. The largest absolute Gasteiger partial charge is 0.0917 e. The number of hydrogen-bond donors (Lipinski definition) is 0. The normalized spacial score (nSPS) is 15.8. The van der Waals surface area contributed by atoms with Gasteiger partial charge in [-0.2, -0.15) is 0 Å². The van der Waals surface area contributed by atoms with Gasteiger partial charge in [-0.1, -0.05) is 43.5 Å². The van der Waals surface area contributed by atoms with Gasteiger partial charge in [0.2, 0.25) is 0 Å². The third-order valence-electron chi connectivity index (χ3n) is 1.36. The molecule has 54 valence electrons. The maximum atomic E-state index is 5.67. The Morgan fingerprint density at radius 3 is 2.56 bits per heavy atom. The van der Waals surface area contributed by atoms with E-state index in [1.165, 1.54) is 5.54 Å². The molecule has 0 aliphatic heterocycles. The fourth-order valence-corrected chi connectivity index (χ4v) is 0.874. The van der Waals surface area contributed by atoms with Gasteiger partial charge in [-0.25, -0.2) is 0 Å². The highest BCUT2D eigenvalue weighted by molar-refractivity contribution is 6.36. The van der Waals surface area contributed by atoms with Crippen LogP contribution in [0.4, 0.5) is 0 Å². The van der Waals surface area contributed by atoms with E-state index in [9.17, 15) is 0 Å². The second kappa shape index (κ2) is 5.13. The highest BCUT2D eigenvalue weighted by atomic mass is 35.5. The molecule has 0 rings (SSSR count). The molecule has 0 aromatic heterocycles. The Balaban J connectivity index is 3.47. The second-order valence-electron chi connectivity index (χ2n) is 2.27. The van der Waals surface area contributed by atoms with Crippen LogP contribution in [-0.2, 0) is 0 Å². The van der Waals surface area contributed by atoms with Gasteiger partial charge in [-0.15, -0.1) is 0 Å². The average molecular weight is 167 g/mol. The van der Waals surface area contributed by atoms with Gasteiger partial charge in [-0.3, -0.25) is 0 Å². The van der Waals surface area contributed by atoms with Gasteiger partial charge >= 0.3 is 0 Å². The van der Waals surface area contributed by atoms with Crippen molar-refractivity contribution in [2.75, 3.05) is 0 Å². The first kappa shape index (κ1) is 9.32. The summed E-state index contributed by atoms with van der Waals surface area (Å²) < 4.78 is 0. The highest BCUT2D eigenvalue weighted by Crippen LogP contribution is 2.17. The van der Waals surface area contributed by atoms with Crippen LogP contribution in [0, 0.1) is 5.92 Å². The molecular weight excluding hydrogens is 155 g/mol. The first-order valence-corrected chi connectivity index (χ1v) is 3.96. The molecule has 0 heterocycles. The van der Waals surface area contributed by atoms with Crippen molar-refractivity contribution in [3.05, 3.63) is 10.6 Å². The van der Waals surface area contributed by atoms with Gasteiger partial charge in [0.05, 0.1) is 0 Å². The average Bonchev–Trinajstić information content (AvgIpc) is 1.87. The van der Waals surface area contributed by atoms with Gasteiger partial charge in [0.15, 0.2) is 0 Å². The SMILES string of the molecule is CCC(C)C/C(Cl)=C\Cl. The van der Waals surface area contributed by atoms with E-state index in [4.69, 9.17) is 23.2 Å². The Labute approximate surface area is 66.8 Å². The van der Waals surface area contributed by atoms with Crippen molar-refractivity contribution in [2.45, 2.75) is 26.7 Å².